The first kappa shape index (κ1) is 19.2. The van der Waals surface area contributed by atoms with Crippen LogP contribution in [0.4, 0.5) is 4.79 Å². The SMILES string of the molecule is Cc1ccccc1CN1CCC(NC(=O)NCCC(=O)N(C)C)CC1. The fourth-order valence-corrected chi connectivity index (χ4v) is 3.01. The number of nitrogens with one attached hydrogen (secondary N) is 2. The average Bonchev–Trinajstić information content (AvgIpc) is 2.58. The van der Waals surface area contributed by atoms with Gasteiger partial charge in [0.25, 0.3) is 0 Å². The van der Waals surface area contributed by atoms with E-state index in [1.54, 1.807) is 14.1 Å². The van der Waals surface area contributed by atoms with E-state index in [4.69, 9.17) is 0 Å². The molecule has 0 radical (unpaired) electrons. The van der Waals surface area contributed by atoms with E-state index >= 15 is 0 Å². The van der Waals surface area contributed by atoms with Crippen LogP contribution in [0.15, 0.2) is 24.3 Å². The Balaban J connectivity index is 1.65. The summed E-state index contributed by atoms with van der Waals surface area (Å²) >= 11 is 0. The van der Waals surface area contributed by atoms with E-state index in [-0.39, 0.29) is 18.0 Å². The molecule has 6 nitrogen and oxygen atoms in total. The predicted octanol–water partition coefficient (Wildman–Crippen LogP) is 1.74. The Morgan fingerprint density at radius 1 is 1.20 bits per heavy atom. The van der Waals surface area contributed by atoms with Crippen LogP contribution in [-0.2, 0) is 11.3 Å². The lowest BCUT2D eigenvalue weighted by atomic mass is 10.0. The van der Waals surface area contributed by atoms with Crippen LogP contribution in [0.1, 0.15) is 30.4 Å². The zero-order valence-corrected chi connectivity index (χ0v) is 15.5. The van der Waals surface area contributed by atoms with Gasteiger partial charge in [0.2, 0.25) is 5.91 Å². The van der Waals surface area contributed by atoms with Gasteiger partial charge in [-0.25, -0.2) is 4.79 Å². The van der Waals surface area contributed by atoms with Crippen molar-refractivity contribution in [2.24, 2.45) is 0 Å². The minimum atomic E-state index is -0.177. The van der Waals surface area contributed by atoms with E-state index in [0.29, 0.717) is 13.0 Å². The van der Waals surface area contributed by atoms with Crippen LogP contribution in [0, 0.1) is 6.92 Å². The maximum absolute atomic E-state index is 11.9. The molecule has 2 N–H and O–H groups in total. The van der Waals surface area contributed by atoms with E-state index in [0.717, 1.165) is 32.5 Å². The van der Waals surface area contributed by atoms with Gasteiger partial charge in [0.05, 0.1) is 0 Å². The molecule has 1 aromatic rings. The Hall–Kier alpha value is -2.08. The largest absolute Gasteiger partial charge is 0.349 e. The van der Waals surface area contributed by atoms with Gasteiger partial charge in [-0.1, -0.05) is 24.3 Å². The number of hydrogen-bond acceptors (Lipinski definition) is 3. The third kappa shape index (κ3) is 6.38. The number of carbonyl (C=O) groups is 2. The molecule has 1 aliphatic heterocycles. The van der Waals surface area contributed by atoms with Crippen LogP contribution in [0.25, 0.3) is 0 Å². The lowest BCUT2D eigenvalue weighted by Crippen LogP contribution is -2.48. The number of likely N-dealkylation sites (tertiary alicyclic amines) is 1. The zero-order chi connectivity index (χ0) is 18.2. The molecule has 1 saturated heterocycles. The molecule has 138 valence electrons. The number of amides is 3. The van der Waals surface area contributed by atoms with Crippen molar-refractivity contribution in [1.82, 2.24) is 20.4 Å². The third-order valence-electron chi connectivity index (χ3n) is 4.70. The van der Waals surface area contributed by atoms with Crippen LogP contribution in [0.2, 0.25) is 0 Å². The van der Waals surface area contributed by atoms with E-state index in [1.807, 2.05) is 0 Å². The normalized spacial score (nSPS) is 15.6. The van der Waals surface area contributed by atoms with Gasteiger partial charge in [0.15, 0.2) is 0 Å². The quantitative estimate of drug-likeness (QED) is 0.825. The molecule has 0 aromatic heterocycles. The van der Waals surface area contributed by atoms with E-state index in [9.17, 15) is 9.59 Å². The summed E-state index contributed by atoms with van der Waals surface area (Å²) in [5.41, 5.74) is 2.70. The Bertz CT molecular complexity index is 581. The zero-order valence-electron chi connectivity index (χ0n) is 15.5. The minimum Gasteiger partial charge on any atom is -0.349 e. The minimum absolute atomic E-state index is 0.0183. The number of aryl methyl sites for hydroxylation is 1. The Morgan fingerprint density at radius 3 is 2.52 bits per heavy atom. The second-order valence-electron chi connectivity index (χ2n) is 6.92. The number of rotatable bonds is 6. The topological polar surface area (TPSA) is 64.7 Å². The highest BCUT2D eigenvalue weighted by molar-refractivity contribution is 5.78. The number of nitrogens with zero attached hydrogens (tertiary/aromatic N) is 2. The van der Waals surface area contributed by atoms with Gasteiger partial charge in [-0.2, -0.15) is 0 Å². The number of hydrogen-bond donors (Lipinski definition) is 2. The van der Waals surface area contributed by atoms with Crippen LogP contribution in [0.5, 0.6) is 0 Å². The molecule has 2 rings (SSSR count). The first-order valence-electron chi connectivity index (χ1n) is 8.97. The summed E-state index contributed by atoms with van der Waals surface area (Å²) in [5.74, 6) is 0.0183. The monoisotopic (exact) mass is 346 g/mol. The summed E-state index contributed by atoms with van der Waals surface area (Å²) in [4.78, 5) is 27.4. The van der Waals surface area contributed by atoms with Crippen LogP contribution >= 0.6 is 0 Å². The van der Waals surface area contributed by atoms with E-state index < -0.39 is 0 Å². The molecule has 3 amide bonds. The van der Waals surface area contributed by atoms with E-state index in [2.05, 4.69) is 46.7 Å². The standard InChI is InChI=1S/C19H30N4O2/c1-15-6-4-5-7-16(15)14-23-12-9-17(10-13-23)21-19(25)20-11-8-18(24)22(2)3/h4-7,17H,8-14H2,1-3H3,(H2,20,21,25). The molecule has 25 heavy (non-hydrogen) atoms. The van der Waals surface area contributed by atoms with Gasteiger partial charge in [0.1, 0.15) is 0 Å². The van der Waals surface area contributed by atoms with Crippen LogP contribution in [0.3, 0.4) is 0 Å². The third-order valence-corrected chi connectivity index (χ3v) is 4.70. The summed E-state index contributed by atoms with van der Waals surface area (Å²) in [7, 11) is 3.43. The molecular weight excluding hydrogens is 316 g/mol. The summed E-state index contributed by atoms with van der Waals surface area (Å²) < 4.78 is 0. The highest BCUT2D eigenvalue weighted by atomic mass is 16.2. The van der Waals surface area contributed by atoms with Crippen molar-refractivity contribution in [2.45, 2.75) is 38.8 Å². The van der Waals surface area contributed by atoms with Crippen molar-refractivity contribution in [3.63, 3.8) is 0 Å². The molecule has 1 aromatic carbocycles. The lowest BCUT2D eigenvalue weighted by Gasteiger charge is -2.32. The van der Waals surface area contributed by atoms with Gasteiger partial charge < -0.3 is 15.5 Å². The fraction of sp³-hybridized carbons (Fsp3) is 0.579. The van der Waals surface area contributed by atoms with Crippen molar-refractivity contribution in [1.29, 1.82) is 0 Å². The molecule has 1 fully saturated rings. The molecule has 0 spiro atoms. The highest BCUT2D eigenvalue weighted by Crippen LogP contribution is 2.16. The van der Waals surface area contributed by atoms with Gasteiger partial charge >= 0.3 is 6.03 Å². The average molecular weight is 346 g/mol. The maximum Gasteiger partial charge on any atom is 0.315 e. The second-order valence-corrected chi connectivity index (χ2v) is 6.92. The predicted molar refractivity (Wildman–Crippen MR) is 99.3 cm³/mol. The molecule has 6 heteroatoms. The van der Waals surface area contributed by atoms with Crippen molar-refractivity contribution in [3.05, 3.63) is 35.4 Å². The molecule has 0 bridgehead atoms. The molecule has 0 saturated carbocycles. The first-order valence-corrected chi connectivity index (χ1v) is 8.97. The summed E-state index contributed by atoms with van der Waals surface area (Å²) in [6.45, 7) is 5.46. The molecular formula is C19H30N4O2. The Labute approximate surface area is 150 Å². The molecule has 0 aliphatic carbocycles. The molecule has 0 atom stereocenters. The summed E-state index contributed by atoms with van der Waals surface area (Å²) in [6.07, 6.45) is 2.24. The van der Waals surface area contributed by atoms with Crippen LogP contribution in [-0.4, -0.2) is 61.5 Å². The van der Waals surface area contributed by atoms with Crippen molar-refractivity contribution < 1.29 is 9.59 Å². The van der Waals surface area contributed by atoms with E-state index in [1.165, 1.54) is 16.0 Å². The fourth-order valence-electron chi connectivity index (χ4n) is 3.01. The van der Waals surface area contributed by atoms with Gasteiger partial charge in [0, 0.05) is 52.7 Å². The van der Waals surface area contributed by atoms with Crippen LogP contribution < -0.4 is 10.6 Å². The van der Waals surface area contributed by atoms with Gasteiger partial charge in [-0.15, -0.1) is 0 Å². The van der Waals surface area contributed by atoms with Gasteiger partial charge in [-0.3, -0.25) is 9.69 Å². The van der Waals surface area contributed by atoms with Crippen molar-refractivity contribution in [2.75, 3.05) is 33.7 Å². The smallest absolute Gasteiger partial charge is 0.315 e. The summed E-state index contributed by atoms with van der Waals surface area (Å²) in [6, 6.07) is 8.51. The first-order chi connectivity index (χ1) is 12.0. The number of benzene rings is 1. The maximum atomic E-state index is 11.9. The molecule has 1 heterocycles. The summed E-state index contributed by atoms with van der Waals surface area (Å²) in [5, 5.41) is 5.78. The Kier molecular flexibility index (Phi) is 7.25. The molecule has 1 aliphatic rings. The molecule has 0 unspecified atom stereocenters. The van der Waals surface area contributed by atoms with Gasteiger partial charge in [-0.05, 0) is 30.9 Å². The number of urea groups is 1. The Morgan fingerprint density at radius 2 is 1.88 bits per heavy atom. The van der Waals surface area contributed by atoms with Crippen molar-refractivity contribution in [3.8, 4) is 0 Å². The highest BCUT2D eigenvalue weighted by Gasteiger charge is 2.21. The number of piperidine rings is 1. The second kappa shape index (κ2) is 9.42. The lowest BCUT2D eigenvalue weighted by molar-refractivity contribution is -0.128. The number of carbonyl (C=O) groups excluding carboxylic acids is 2. The van der Waals surface area contributed by atoms with Crippen molar-refractivity contribution >= 4 is 11.9 Å².